The molecule has 0 spiro atoms. The quantitative estimate of drug-likeness (QED) is 0.361. The predicted octanol–water partition coefficient (Wildman–Crippen LogP) is 5.97. The molecule has 0 aliphatic carbocycles. The van der Waals surface area contributed by atoms with E-state index in [-0.39, 0.29) is 0 Å². The Morgan fingerprint density at radius 1 is 0.714 bits per heavy atom. The summed E-state index contributed by atoms with van der Waals surface area (Å²) in [5, 5.41) is 6.03. The predicted molar refractivity (Wildman–Crippen MR) is 100 cm³/mol. The lowest BCUT2D eigenvalue weighted by Gasteiger charge is -1.96. The zero-order valence-electron chi connectivity index (χ0n) is 13.4. The first kappa shape index (κ1) is 21.1. The van der Waals surface area contributed by atoms with Crippen LogP contribution in [0, 0.1) is 0 Å². The Morgan fingerprint density at radius 3 is 1.52 bits per heavy atom. The summed E-state index contributed by atoms with van der Waals surface area (Å²) in [5.41, 5.74) is 0. The molecule has 0 bridgehead atoms. The first-order valence-corrected chi connectivity index (χ1v) is 11.6. The number of sulfone groups is 1. The van der Waals surface area contributed by atoms with Gasteiger partial charge in [-0.2, -0.15) is 0 Å². The van der Waals surface area contributed by atoms with Gasteiger partial charge in [-0.3, -0.25) is 0 Å². The molecule has 0 aromatic carbocycles. The highest BCUT2D eigenvalue weighted by molar-refractivity contribution is 8.05. The summed E-state index contributed by atoms with van der Waals surface area (Å²) in [6, 6.07) is 0. The van der Waals surface area contributed by atoms with Crippen LogP contribution < -0.4 is 0 Å². The van der Waals surface area contributed by atoms with E-state index < -0.39 is 9.84 Å². The highest BCUT2D eigenvalue weighted by atomic mass is 32.2. The summed E-state index contributed by atoms with van der Waals surface area (Å²) in [6.07, 6.45) is 9.78. The fraction of sp³-hybridized carbons (Fsp3) is 0.750. The standard InChI is InChI=1S/C16H30O2S3/c1-3-5-7-9-11-19-13-15-21(17,18)16-14-20-12-10-8-6-4-2/h13-16H,3-12H2,1-2H3. The zero-order valence-corrected chi connectivity index (χ0v) is 15.9. The molecule has 21 heavy (non-hydrogen) atoms. The van der Waals surface area contributed by atoms with Crippen LogP contribution in [-0.4, -0.2) is 19.9 Å². The number of rotatable bonds is 14. The third-order valence-electron chi connectivity index (χ3n) is 2.91. The van der Waals surface area contributed by atoms with Gasteiger partial charge in [0.15, 0.2) is 9.84 Å². The topological polar surface area (TPSA) is 34.1 Å². The Kier molecular flexibility index (Phi) is 15.1. The highest BCUT2D eigenvalue weighted by Gasteiger charge is 1.98. The Morgan fingerprint density at radius 2 is 1.14 bits per heavy atom. The maximum Gasteiger partial charge on any atom is 0.194 e. The number of unbranched alkanes of at least 4 members (excludes halogenated alkanes) is 6. The van der Waals surface area contributed by atoms with E-state index >= 15 is 0 Å². The molecular formula is C16H30O2S3. The van der Waals surface area contributed by atoms with Gasteiger partial charge in [0.05, 0.1) is 0 Å². The Hall–Kier alpha value is 0.130. The van der Waals surface area contributed by atoms with Gasteiger partial charge in [0.1, 0.15) is 0 Å². The highest BCUT2D eigenvalue weighted by Crippen LogP contribution is 2.12. The van der Waals surface area contributed by atoms with Crippen LogP contribution in [0.1, 0.15) is 65.2 Å². The molecule has 0 heterocycles. The average Bonchev–Trinajstić information content (AvgIpc) is 2.45. The first-order valence-electron chi connectivity index (χ1n) is 7.93. The van der Waals surface area contributed by atoms with Crippen molar-refractivity contribution in [3.63, 3.8) is 0 Å². The molecule has 0 N–H and O–H groups in total. The van der Waals surface area contributed by atoms with Gasteiger partial charge in [0.25, 0.3) is 0 Å². The van der Waals surface area contributed by atoms with E-state index in [4.69, 9.17) is 0 Å². The van der Waals surface area contributed by atoms with Crippen molar-refractivity contribution < 1.29 is 8.42 Å². The van der Waals surface area contributed by atoms with Crippen molar-refractivity contribution >= 4 is 33.4 Å². The van der Waals surface area contributed by atoms with Gasteiger partial charge in [-0.15, -0.1) is 23.5 Å². The molecule has 0 aliphatic rings. The second kappa shape index (κ2) is 15.0. The second-order valence-corrected chi connectivity index (χ2v) is 8.75. The SMILES string of the molecule is CCCCCCSC=CS(=O)(=O)C=CSCCCCCC. The van der Waals surface area contributed by atoms with Crippen molar-refractivity contribution in [1.29, 1.82) is 0 Å². The van der Waals surface area contributed by atoms with Crippen molar-refractivity contribution in [3.05, 3.63) is 21.6 Å². The molecule has 0 radical (unpaired) electrons. The molecular weight excluding hydrogens is 320 g/mol. The monoisotopic (exact) mass is 350 g/mol. The third-order valence-corrected chi connectivity index (χ3v) is 6.00. The van der Waals surface area contributed by atoms with E-state index in [1.54, 1.807) is 34.3 Å². The van der Waals surface area contributed by atoms with Crippen molar-refractivity contribution in [2.24, 2.45) is 0 Å². The van der Waals surface area contributed by atoms with E-state index in [2.05, 4.69) is 13.8 Å². The number of hydrogen-bond acceptors (Lipinski definition) is 4. The maximum atomic E-state index is 11.7. The molecule has 0 aliphatic heterocycles. The van der Waals surface area contributed by atoms with Crippen LogP contribution in [-0.2, 0) is 9.84 Å². The summed E-state index contributed by atoms with van der Waals surface area (Å²) < 4.78 is 23.4. The van der Waals surface area contributed by atoms with Gasteiger partial charge in [-0.1, -0.05) is 52.4 Å². The summed E-state index contributed by atoms with van der Waals surface area (Å²) in [7, 11) is -3.18. The second-order valence-electron chi connectivity index (χ2n) is 5.00. The third kappa shape index (κ3) is 16.3. The van der Waals surface area contributed by atoms with Crippen LogP contribution >= 0.6 is 23.5 Å². The first-order chi connectivity index (χ1) is 10.1. The molecule has 0 aromatic rings. The summed E-state index contributed by atoms with van der Waals surface area (Å²) >= 11 is 3.17. The minimum atomic E-state index is -3.18. The Balaban J connectivity index is 3.71. The molecule has 0 atom stereocenters. The van der Waals surface area contributed by atoms with Crippen LogP contribution in [0.25, 0.3) is 0 Å². The van der Waals surface area contributed by atoms with Crippen molar-refractivity contribution in [3.8, 4) is 0 Å². The lowest BCUT2D eigenvalue weighted by atomic mass is 10.2. The van der Waals surface area contributed by atoms with Gasteiger partial charge in [0.2, 0.25) is 0 Å². The molecule has 0 saturated heterocycles. The smallest absolute Gasteiger partial charge is 0.194 e. The van der Waals surface area contributed by atoms with Crippen LogP contribution in [0.3, 0.4) is 0 Å². The number of thioether (sulfide) groups is 2. The van der Waals surface area contributed by atoms with Crippen LogP contribution in [0.2, 0.25) is 0 Å². The maximum absolute atomic E-state index is 11.7. The van der Waals surface area contributed by atoms with Crippen molar-refractivity contribution in [1.82, 2.24) is 0 Å². The van der Waals surface area contributed by atoms with Gasteiger partial charge >= 0.3 is 0 Å². The number of hydrogen-bond donors (Lipinski definition) is 0. The molecule has 0 amide bonds. The zero-order chi connectivity index (χ0) is 15.8. The molecule has 0 aromatic heterocycles. The molecule has 0 rings (SSSR count). The van der Waals surface area contributed by atoms with Crippen LogP contribution in [0.5, 0.6) is 0 Å². The van der Waals surface area contributed by atoms with E-state index in [0.29, 0.717) is 0 Å². The molecule has 124 valence electrons. The molecule has 5 heteroatoms. The molecule has 0 fully saturated rings. The average molecular weight is 351 g/mol. The van der Waals surface area contributed by atoms with Crippen molar-refractivity contribution in [2.45, 2.75) is 65.2 Å². The summed E-state index contributed by atoms with van der Waals surface area (Å²) in [5.74, 6) is 2.00. The fourth-order valence-corrected chi connectivity index (χ4v) is 4.61. The van der Waals surface area contributed by atoms with Gasteiger partial charge in [-0.05, 0) is 35.2 Å². The Labute approximate surface area is 140 Å². The lowest BCUT2D eigenvalue weighted by Crippen LogP contribution is -1.87. The summed E-state index contributed by atoms with van der Waals surface area (Å²) in [6.45, 7) is 4.38. The van der Waals surface area contributed by atoms with E-state index in [1.807, 2.05) is 0 Å². The van der Waals surface area contributed by atoms with Crippen molar-refractivity contribution in [2.75, 3.05) is 11.5 Å². The van der Waals surface area contributed by atoms with E-state index in [0.717, 1.165) is 24.3 Å². The van der Waals surface area contributed by atoms with E-state index in [1.165, 1.54) is 49.3 Å². The molecule has 0 unspecified atom stereocenters. The van der Waals surface area contributed by atoms with Crippen LogP contribution in [0.4, 0.5) is 0 Å². The Bertz CT molecular complexity index is 343. The van der Waals surface area contributed by atoms with Crippen LogP contribution in [0.15, 0.2) is 21.6 Å². The minimum Gasteiger partial charge on any atom is -0.220 e. The normalized spacial score (nSPS) is 12.7. The largest absolute Gasteiger partial charge is 0.220 e. The van der Waals surface area contributed by atoms with Gasteiger partial charge in [0, 0.05) is 10.8 Å². The van der Waals surface area contributed by atoms with E-state index in [9.17, 15) is 8.42 Å². The van der Waals surface area contributed by atoms with Gasteiger partial charge < -0.3 is 0 Å². The lowest BCUT2D eigenvalue weighted by molar-refractivity contribution is 0.612. The fourth-order valence-electron chi connectivity index (χ4n) is 1.64. The molecule has 0 saturated carbocycles. The minimum absolute atomic E-state index is 1.00. The summed E-state index contributed by atoms with van der Waals surface area (Å²) in [4.78, 5) is 0. The van der Waals surface area contributed by atoms with Gasteiger partial charge in [-0.25, -0.2) is 8.42 Å². The molecule has 2 nitrogen and oxygen atoms in total.